The molecule has 1 aromatic rings. The second-order valence-corrected chi connectivity index (χ2v) is 3.18. The summed E-state index contributed by atoms with van der Waals surface area (Å²) in [7, 11) is 0. The number of anilines is 2. The Morgan fingerprint density at radius 3 is 2.79 bits per heavy atom. The van der Waals surface area contributed by atoms with Crippen molar-refractivity contribution in [2.45, 2.75) is 26.3 Å². The maximum absolute atomic E-state index is 8.99. The van der Waals surface area contributed by atoms with Crippen molar-refractivity contribution in [2.24, 2.45) is 0 Å². The van der Waals surface area contributed by atoms with E-state index in [2.05, 4.69) is 15.3 Å². The Balaban J connectivity index is 2.75. The molecule has 14 heavy (non-hydrogen) atoms. The molecule has 0 aliphatic carbocycles. The van der Waals surface area contributed by atoms with Gasteiger partial charge in [0.2, 0.25) is 5.95 Å². The van der Waals surface area contributed by atoms with Crippen molar-refractivity contribution in [1.82, 2.24) is 9.97 Å². The van der Waals surface area contributed by atoms with Gasteiger partial charge in [0.05, 0.1) is 12.6 Å². The first kappa shape index (κ1) is 10.7. The lowest BCUT2D eigenvalue weighted by Crippen LogP contribution is -2.23. The van der Waals surface area contributed by atoms with E-state index in [1.54, 1.807) is 6.07 Å². The topological polar surface area (TPSA) is 84.1 Å². The number of nitrogens with two attached hydrogens (primary N) is 1. The van der Waals surface area contributed by atoms with Gasteiger partial charge in [-0.2, -0.15) is 4.98 Å². The maximum Gasteiger partial charge on any atom is 0.222 e. The molecule has 0 amide bonds. The van der Waals surface area contributed by atoms with Crippen LogP contribution in [-0.2, 0) is 0 Å². The molecule has 5 nitrogen and oxygen atoms in total. The predicted molar refractivity (Wildman–Crippen MR) is 56.0 cm³/mol. The second kappa shape index (κ2) is 4.76. The van der Waals surface area contributed by atoms with Crippen LogP contribution in [0.1, 0.15) is 19.0 Å². The van der Waals surface area contributed by atoms with Crippen molar-refractivity contribution in [1.29, 1.82) is 0 Å². The minimum atomic E-state index is 0.0173. The highest BCUT2D eigenvalue weighted by Crippen LogP contribution is 2.09. The van der Waals surface area contributed by atoms with E-state index in [1.165, 1.54) is 0 Å². The van der Waals surface area contributed by atoms with Crippen LogP contribution < -0.4 is 11.1 Å². The summed E-state index contributed by atoms with van der Waals surface area (Å²) in [6.45, 7) is 3.92. The zero-order chi connectivity index (χ0) is 10.6. The third kappa shape index (κ3) is 2.85. The minimum absolute atomic E-state index is 0.0173. The van der Waals surface area contributed by atoms with Gasteiger partial charge < -0.3 is 16.2 Å². The maximum atomic E-state index is 8.99. The highest BCUT2D eigenvalue weighted by molar-refractivity contribution is 5.40. The van der Waals surface area contributed by atoms with Crippen LogP contribution in [0.15, 0.2) is 6.07 Å². The molecule has 5 heteroatoms. The molecule has 0 fully saturated rings. The summed E-state index contributed by atoms with van der Waals surface area (Å²) in [5.74, 6) is 0.913. The van der Waals surface area contributed by atoms with E-state index in [0.29, 0.717) is 5.82 Å². The minimum Gasteiger partial charge on any atom is -0.394 e. The number of hydrogen-bond donors (Lipinski definition) is 3. The number of hydrogen-bond acceptors (Lipinski definition) is 5. The number of aryl methyl sites for hydroxylation is 1. The van der Waals surface area contributed by atoms with Gasteiger partial charge in [-0.3, -0.25) is 0 Å². The molecule has 0 radical (unpaired) electrons. The number of aliphatic hydroxyl groups excluding tert-OH is 1. The molecular weight excluding hydrogens is 180 g/mol. The van der Waals surface area contributed by atoms with E-state index in [-0.39, 0.29) is 18.6 Å². The van der Waals surface area contributed by atoms with Gasteiger partial charge in [0.1, 0.15) is 5.82 Å². The van der Waals surface area contributed by atoms with E-state index >= 15 is 0 Å². The number of aliphatic hydroxyl groups is 1. The van der Waals surface area contributed by atoms with Crippen LogP contribution in [0, 0.1) is 6.92 Å². The van der Waals surface area contributed by atoms with E-state index in [0.717, 1.165) is 12.1 Å². The van der Waals surface area contributed by atoms with Gasteiger partial charge in [-0.05, 0) is 13.3 Å². The van der Waals surface area contributed by atoms with Crippen molar-refractivity contribution in [3.63, 3.8) is 0 Å². The van der Waals surface area contributed by atoms with Crippen LogP contribution in [0.4, 0.5) is 11.8 Å². The second-order valence-electron chi connectivity index (χ2n) is 3.18. The van der Waals surface area contributed by atoms with Crippen LogP contribution >= 0.6 is 0 Å². The number of nitrogens with one attached hydrogen (secondary N) is 1. The van der Waals surface area contributed by atoms with E-state index < -0.39 is 0 Å². The largest absolute Gasteiger partial charge is 0.394 e. The van der Waals surface area contributed by atoms with Gasteiger partial charge in [-0.15, -0.1) is 0 Å². The summed E-state index contributed by atoms with van der Waals surface area (Å²) in [5, 5.41) is 12.1. The van der Waals surface area contributed by atoms with Gasteiger partial charge in [-0.25, -0.2) is 4.98 Å². The lowest BCUT2D eigenvalue weighted by molar-refractivity contribution is 0.271. The van der Waals surface area contributed by atoms with Gasteiger partial charge in [0, 0.05) is 11.8 Å². The summed E-state index contributed by atoms with van der Waals surface area (Å²) in [6, 6.07) is 1.82. The van der Waals surface area contributed by atoms with Gasteiger partial charge >= 0.3 is 0 Å². The summed E-state index contributed by atoms with van der Waals surface area (Å²) in [6.07, 6.45) is 0.833. The van der Waals surface area contributed by atoms with Crippen LogP contribution in [-0.4, -0.2) is 27.7 Å². The number of nitrogens with zero attached hydrogens (tertiary/aromatic N) is 2. The SMILES string of the molecule is CCC(CO)Nc1cc(C)nc(N)n1. The lowest BCUT2D eigenvalue weighted by Gasteiger charge is -2.14. The summed E-state index contributed by atoms with van der Waals surface area (Å²) in [5.41, 5.74) is 6.31. The first-order chi connectivity index (χ1) is 6.65. The van der Waals surface area contributed by atoms with E-state index in [9.17, 15) is 0 Å². The highest BCUT2D eigenvalue weighted by atomic mass is 16.3. The molecule has 4 N–H and O–H groups in total. The van der Waals surface area contributed by atoms with Crippen LogP contribution in [0.3, 0.4) is 0 Å². The quantitative estimate of drug-likeness (QED) is 0.655. The smallest absolute Gasteiger partial charge is 0.222 e. The fourth-order valence-corrected chi connectivity index (χ4v) is 1.15. The molecule has 0 bridgehead atoms. The Hall–Kier alpha value is -1.36. The fraction of sp³-hybridized carbons (Fsp3) is 0.556. The molecule has 0 spiro atoms. The Kier molecular flexibility index (Phi) is 3.64. The highest BCUT2D eigenvalue weighted by Gasteiger charge is 2.05. The summed E-state index contributed by atoms with van der Waals surface area (Å²) < 4.78 is 0. The third-order valence-electron chi connectivity index (χ3n) is 1.94. The average molecular weight is 196 g/mol. The summed E-state index contributed by atoms with van der Waals surface area (Å²) in [4.78, 5) is 7.97. The zero-order valence-electron chi connectivity index (χ0n) is 8.49. The molecule has 1 atom stereocenters. The van der Waals surface area contributed by atoms with Gasteiger partial charge in [0.15, 0.2) is 0 Å². The molecule has 0 saturated heterocycles. The molecule has 0 aromatic carbocycles. The van der Waals surface area contributed by atoms with E-state index in [1.807, 2.05) is 13.8 Å². The Morgan fingerprint density at radius 2 is 2.29 bits per heavy atom. The molecule has 0 aliphatic heterocycles. The van der Waals surface area contributed by atoms with Crippen LogP contribution in [0.5, 0.6) is 0 Å². The molecule has 1 aromatic heterocycles. The standard InChI is InChI=1S/C9H16N4O/c1-3-7(5-14)12-8-4-6(2)11-9(10)13-8/h4,7,14H,3,5H2,1-2H3,(H3,10,11,12,13). The van der Waals surface area contributed by atoms with Crippen LogP contribution in [0.25, 0.3) is 0 Å². The van der Waals surface area contributed by atoms with Gasteiger partial charge in [-0.1, -0.05) is 6.92 Å². The first-order valence-corrected chi connectivity index (χ1v) is 4.64. The van der Waals surface area contributed by atoms with Crippen molar-refractivity contribution < 1.29 is 5.11 Å². The monoisotopic (exact) mass is 196 g/mol. The van der Waals surface area contributed by atoms with E-state index in [4.69, 9.17) is 10.8 Å². The lowest BCUT2D eigenvalue weighted by atomic mass is 10.2. The molecular formula is C9H16N4O. The Labute approximate surface area is 83.4 Å². The van der Waals surface area contributed by atoms with Crippen molar-refractivity contribution in [3.8, 4) is 0 Å². The molecule has 0 aliphatic rings. The van der Waals surface area contributed by atoms with Crippen molar-refractivity contribution >= 4 is 11.8 Å². The molecule has 1 heterocycles. The number of nitrogen functional groups attached to an aromatic ring is 1. The van der Waals surface area contributed by atoms with Crippen molar-refractivity contribution in [2.75, 3.05) is 17.7 Å². The van der Waals surface area contributed by atoms with Crippen molar-refractivity contribution in [3.05, 3.63) is 11.8 Å². The molecule has 0 saturated carbocycles. The molecule has 1 rings (SSSR count). The average Bonchev–Trinajstić information content (AvgIpc) is 2.12. The number of rotatable bonds is 4. The molecule has 1 unspecified atom stereocenters. The Bertz CT molecular complexity index is 279. The normalized spacial score (nSPS) is 12.5. The fourth-order valence-electron chi connectivity index (χ4n) is 1.15. The Morgan fingerprint density at radius 1 is 1.57 bits per heavy atom. The number of aromatic nitrogens is 2. The third-order valence-corrected chi connectivity index (χ3v) is 1.94. The summed E-state index contributed by atoms with van der Waals surface area (Å²) >= 11 is 0. The van der Waals surface area contributed by atoms with Crippen LogP contribution in [0.2, 0.25) is 0 Å². The zero-order valence-corrected chi connectivity index (χ0v) is 8.49. The van der Waals surface area contributed by atoms with Gasteiger partial charge in [0.25, 0.3) is 0 Å². The first-order valence-electron chi connectivity index (χ1n) is 4.64. The predicted octanol–water partition coefficient (Wildman–Crippen LogP) is 0.550. The molecule has 78 valence electrons.